The van der Waals surface area contributed by atoms with E-state index in [-0.39, 0.29) is 36.1 Å². The number of hydrogen-bond acceptors (Lipinski definition) is 7. The van der Waals surface area contributed by atoms with Crippen molar-refractivity contribution in [2.24, 2.45) is 5.92 Å². The molecule has 1 aliphatic carbocycles. The number of nitrogens with one attached hydrogen (secondary N) is 1. The van der Waals surface area contributed by atoms with Gasteiger partial charge in [0.15, 0.2) is 5.75 Å². The highest BCUT2D eigenvalue weighted by Crippen LogP contribution is 2.44. The van der Waals surface area contributed by atoms with Gasteiger partial charge in [-0.1, -0.05) is 18.2 Å². The fourth-order valence-electron chi connectivity index (χ4n) is 5.66. The summed E-state index contributed by atoms with van der Waals surface area (Å²) >= 11 is 2.57. The van der Waals surface area contributed by atoms with Crippen LogP contribution < -0.4 is 10.1 Å². The molecule has 1 aliphatic heterocycles. The molecule has 1 saturated heterocycles. The molecule has 2 aromatic heterocycles. The minimum Gasteiger partial charge on any atom is -0.409 e. The SMILES string of the molecule is Cc1nc(C(=O)N2[C@@H]3CC[C@@H](C3)[C@@H]2CNC(=O)Oc2cccc3ncsc23)c(-c2cccc(C(F)(F)F)c2)s1. The van der Waals surface area contributed by atoms with E-state index in [0.29, 0.717) is 21.2 Å². The molecule has 0 spiro atoms. The third-order valence-corrected chi connectivity index (χ3v) is 9.22. The molecule has 1 saturated carbocycles. The van der Waals surface area contributed by atoms with E-state index in [1.165, 1.54) is 28.7 Å². The molecule has 6 rings (SSSR count). The second-order valence-electron chi connectivity index (χ2n) is 9.72. The van der Waals surface area contributed by atoms with Gasteiger partial charge in [-0.15, -0.1) is 22.7 Å². The number of aromatic nitrogens is 2. The number of piperidine rings is 1. The van der Waals surface area contributed by atoms with Crippen molar-refractivity contribution in [3.63, 3.8) is 0 Å². The smallest absolute Gasteiger partial charge is 0.409 e. The maximum Gasteiger partial charge on any atom is 0.416 e. The summed E-state index contributed by atoms with van der Waals surface area (Å²) in [4.78, 5) is 37.4. The molecule has 7 nitrogen and oxygen atoms in total. The Morgan fingerprint density at radius 3 is 2.82 bits per heavy atom. The Bertz CT molecular complexity index is 1570. The summed E-state index contributed by atoms with van der Waals surface area (Å²) in [6, 6.07) is 9.99. The highest BCUT2D eigenvalue weighted by atomic mass is 32.1. The van der Waals surface area contributed by atoms with Crippen LogP contribution >= 0.6 is 22.7 Å². The first kappa shape index (κ1) is 25.8. The Balaban J connectivity index is 1.22. The van der Waals surface area contributed by atoms with Crippen LogP contribution in [-0.2, 0) is 6.18 Å². The number of fused-ring (bicyclic) bond motifs is 3. The summed E-state index contributed by atoms with van der Waals surface area (Å²) in [6.07, 6.45) is -2.53. The quantitative estimate of drug-likeness (QED) is 0.294. The first-order valence-electron chi connectivity index (χ1n) is 12.4. The van der Waals surface area contributed by atoms with E-state index < -0.39 is 17.8 Å². The average molecular weight is 573 g/mol. The second kappa shape index (κ2) is 9.91. The van der Waals surface area contributed by atoms with Gasteiger partial charge in [-0.25, -0.2) is 14.8 Å². The number of rotatable bonds is 5. The third kappa shape index (κ3) is 4.87. The molecular weight excluding hydrogens is 549 g/mol. The highest BCUT2D eigenvalue weighted by Gasteiger charge is 2.49. The minimum atomic E-state index is -4.50. The molecule has 2 bridgehead atoms. The van der Waals surface area contributed by atoms with Crippen LogP contribution in [0.5, 0.6) is 5.75 Å². The number of hydrogen-bond donors (Lipinski definition) is 1. The monoisotopic (exact) mass is 572 g/mol. The number of alkyl halides is 3. The summed E-state index contributed by atoms with van der Waals surface area (Å²) in [7, 11) is 0. The zero-order chi connectivity index (χ0) is 27.3. The average Bonchev–Trinajstić information content (AvgIpc) is 3.70. The molecule has 2 amide bonds. The summed E-state index contributed by atoms with van der Waals surface area (Å²) in [5.74, 6) is 0.298. The number of carbonyl (C=O) groups is 2. The largest absolute Gasteiger partial charge is 0.416 e. The summed E-state index contributed by atoms with van der Waals surface area (Å²) in [5.41, 5.74) is 2.10. The highest BCUT2D eigenvalue weighted by molar-refractivity contribution is 7.17. The van der Waals surface area contributed by atoms with Gasteiger partial charge in [-0.3, -0.25) is 4.79 Å². The van der Waals surface area contributed by atoms with Crippen LogP contribution in [0.3, 0.4) is 0 Å². The van der Waals surface area contributed by atoms with Gasteiger partial charge in [0.05, 0.1) is 37.2 Å². The first-order valence-corrected chi connectivity index (χ1v) is 14.1. The number of amides is 2. The lowest BCUT2D eigenvalue weighted by molar-refractivity contribution is -0.137. The second-order valence-corrected chi connectivity index (χ2v) is 11.8. The molecule has 1 N–H and O–H groups in total. The van der Waals surface area contributed by atoms with Gasteiger partial charge < -0.3 is 15.0 Å². The number of ether oxygens (including phenoxy) is 1. The Kier molecular flexibility index (Phi) is 6.54. The van der Waals surface area contributed by atoms with Gasteiger partial charge in [-0.05, 0) is 61.9 Å². The van der Waals surface area contributed by atoms with Gasteiger partial charge in [0.2, 0.25) is 0 Å². The van der Waals surface area contributed by atoms with Crippen LogP contribution in [0, 0.1) is 12.8 Å². The predicted molar refractivity (Wildman–Crippen MR) is 142 cm³/mol. The van der Waals surface area contributed by atoms with E-state index in [9.17, 15) is 22.8 Å². The maximum atomic E-state index is 13.9. The van der Waals surface area contributed by atoms with Crippen molar-refractivity contribution in [3.8, 4) is 16.2 Å². The zero-order valence-corrected chi connectivity index (χ0v) is 22.3. The lowest BCUT2D eigenvalue weighted by Crippen LogP contribution is -2.50. The topological polar surface area (TPSA) is 84.4 Å². The van der Waals surface area contributed by atoms with Crippen molar-refractivity contribution in [3.05, 3.63) is 64.2 Å². The summed E-state index contributed by atoms with van der Waals surface area (Å²) in [6.45, 7) is 1.93. The van der Waals surface area contributed by atoms with E-state index >= 15 is 0 Å². The standard InChI is InChI=1S/C27H23F3N4O3S2/c1-14-33-22(23(39-14)16-4-2-5-17(10-16)27(28,29)30)25(35)34-18-9-8-15(11-18)20(34)12-31-26(36)37-21-7-3-6-19-24(21)38-13-32-19/h2-7,10,13,15,18,20H,8-9,11-12H2,1H3,(H,31,36)/t15-,18+,20-/m0/s1. The molecule has 0 radical (unpaired) electrons. The van der Waals surface area contributed by atoms with Crippen molar-refractivity contribution in [2.45, 2.75) is 44.4 Å². The predicted octanol–water partition coefficient (Wildman–Crippen LogP) is 6.53. The van der Waals surface area contributed by atoms with Gasteiger partial charge in [0.1, 0.15) is 5.69 Å². The van der Waals surface area contributed by atoms with Crippen LogP contribution in [0.4, 0.5) is 18.0 Å². The van der Waals surface area contributed by atoms with Gasteiger partial charge >= 0.3 is 12.3 Å². The minimum absolute atomic E-state index is 0.00683. The fraction of sp³-hybridized carbons (Fsp3) is 0.333. The molecular formula is C27H23F3N4O3S2. The molecule has 2 fully saturated rings. The molecule has 3 atom stereocenters. The van der Waals surface area contributed by atoms with E-state index in [0.717, 1.165) is 41.6 Å². The number of halogens is 3. The van der Waals surface area contributed by atoms with E-state index in [1.807, 2.05) is 6.07 Å². The van der Waals surface area contributed by atoms with Crippen molar-refractivity contribution >= 4 is 44.9 Å². The first-order chi connectivity index (χ1) is 18.7. The Hall–Kier alpha value is -3.51. The summed E-state index contributed by atoms with van der Waals surface area (Å²) < 4.78 is 46.4. The van der Waals surface area contributed by atoms with Crippen molar-refractivity contribution in [1.29, 1.82) is 0 Å². The molecule has 12 heteroatoms. The molecule has 2 aromatic carbocycles. The van der Waals surface area contributed by atoms with Gasteiger partial charge in [0, 0.05) is 12.6 Å². The number of thiazole rings is 2. The molecule has 4 aromatic rings. The Labute approximate surface area is 229 Å². The van der Waals surface area contributed by atoms with Gasteiger partial charge in [-0.2, -0.15) is 13.2 Å². The molecule has 0 unspecified atom stereocenters. The molecule has 3 heterocycles. The van der Waals surface area contributed by atoms with E-state index in [2.05, 4.69) is 15.3 Å². The number of nitrogens with zero attached hydrogens (tertiary/aromatic N) is 3. The number of carbonyl (C=O) groups excluding carboxylic acids is 2. The molecule has 2 aliphatic rings. The van der Waals surface area contributed by atoms with Crippen LogP contribution in [0.2, 0.25) is 0 Å². The van der Waals surface area contributed by atoms with E-state index in [4.69, 9.17) is 4.74 Å². The fourth-order valence-corrected chi connectivity index (χ4v) is 7.31. The van der Waals surface area contributed by atoms with Crippen LogP contribution in [0.1, 0.15) is 40.3 Å². The lowest BCUT2D eigenvalue weighted by Gasteiger charge is -2.35. The van der Waals surface area contributed by atoms with Crippen molar-refractivity contribution < 1.29 is 27.5 Å². The Morgan fingerprint density at radius 2 is 2.00 bits per heavy atom. The van der Waals surface area contributed by atoms with Crippen LogP contribution in [0.15, 0.2) is 48.0 Å². The van der Waals surface area contributed by atoms with Crippen LogP contribution in [0.25, 0.3) is 20.7 Å². The van der Waals surface area contributed by atoms with Crippen molar-refractivity contribution in [2.75, 3.05) is 6.54 Å². The number of likely N-dealkylation sites (tertiary alicyclic amines) is 1. The summed E-state index contributed by atoms with van der Waals surface area (Å²) in [5, 5.41) is 3.40. The Morgan fingerprint density at radius 1 is 1.18 bits per heavy atom. The van der Waals surface area contributed by atoms with Gasteiger partial charge in [0.25, 0.3) is 5.91 Å². The maximum absolute atomic E-state index is 13.9. The molecule has 202 valence electrons. The number of benzene rings is 2. The van der Waals surface area contributed by atoms with E-state index in [1.54, 1.807) is 35.5 Å². The van der Waals surface area contributed by atoms with Crippen LogP contribution in [-0.4, -0.2) is 45.5 Å². The zero-order valence-electron chi connectivity index (χ0n) is 20.7. The number of aryl methyl sites for hydroxylation is 1. The normalized spacial score (nSPS) is 20.5. The lowest BCUT2D eigenvalue weighted by atomic mass is 9.98. The molecule has 39 heavy (non-hydrogen) atoms. The van der Waals surface area contributed by atoms with Crippen molar-refractivity contribution in [1.82, 2.24) is 20.2 Å². The third-order valence-electron chi connectivity index (χ3n) is 7.34.